The number of nitrogens with zero attached hydrogens (tertiary/aromatic N) is 3. The highest BCUT2D eigenvalue weighted by Crippen LogP contribution is 2.30. The Morgan fingerprint density at radius 1 is 1.19 bits per heavy atom. The summed E-state index contributed by atoms with van der Waals surface area (Å²) in [6.07, 6.45) is 4.35. The molecule has 1 aromatic heterocycles. The molecule has 0 unspecified atom stereocenters. The SMILES string of the molecule is Clc1cccc2c(N3CCCC3)cnnc12. The van der Waals surface area contributed by atoms with Crippen LogP contribution in [0.4, 0.5) is 5.69 Å². The zero-order valence-corrected chi connectivity index (χ0v) is 9.61. The number of hydrogen-bond donors (Lipinski definition) is 0. The van der Waals surface area contributed by atoms with Gasteiger partial charge in [-0.3, -0.25) is 0 Å². The molecular formula is C12H12ClN3. The summed E-state index contributed by atoms with van der Waals surface area (Å²) in [7, 11) is 0. The number of anilines is 1. The number of benzene rings is 1. The Hall–Kier alpha value is -1.35. The van der Waals surface area contributed by atoms with E-state index in [4.69, 9.17) is 11.6 Å². The molecule has 0 bridgehead atoms. The molecule has 0 amide bonds. The van der Waals surface area contributed by atoms with Crippen molar-refractivity contribution in [1.82, 2.24) is 10.2 Å². The predicted molar refractivity (Wildman–Crippen MR) is 66.0 cm³/mol. The molecule has 3 rings (SSSR count). The molecule has 1 saturated heterocycles. The maximum atomic E-state index is 6.11. The van der Waals surface area contributed by atoms with Crippen molar-refractivity contribution in [1.29, 1.82) is 0 Å². The zero-order chi connectivity index (χ0) is 11.0. The monoisotopic (exact) mass is 233 g/mol. The van der Waals surface area contributed by atoms with E-state index in [0.29, 0.717) is 5.02 Å². The Morgan fingerprint density at radius 3 is 2.81 bits per heavy atom. The van der Waals surface area contributed by atoms with E-state index in [2.05, 4.69) is 21.2 Å². The van der Waals surface area contributed by atoms with Crippen LogP contribution in [0.5, 0.6) is 0 Å². The topological polar surface area (TPSA) is 29.0 Å². The highest BCUT2D eigenvalue weighted by molar-refractivity contribution is 6.35. The van der Waals surface area contributed by atoms with Gasteiger partial charge in [-0.25, -0.2) is 0 Å². The lowest BCUT2D eigenvalue weighted by molar-refractivity contribution is 0.949. The average molecular weight is 234 g/mol. The minimum atomic E-state index is 0.672. The van der Waals surface area contributed by atoms with Gasteiger partial charge in [0.05, 0.1) is 16.9 Å². The summed E-state index contributed by atoms with van der Waals surface area (Å²) in [5, 5.41) is 9.92. The largest absolute Gasteiger partial charge is 0.370 e. The van der Waals surface area contributed by atoms with Crippen molar-refractivity contribution in [3.63, 3.8) is 0 Å². The molecule has 0 atom stereocenters. The molecule has 4 heteroatoms. The maximum absolute atomic E-state index is 6.11. The first-order valence-corrected chi connectivity index (χ1v) is 5.89. The van der Waals surface area contributed by atoms with Crippen LogP contribution in [-0.4, -0.2) is 23.3 Å². The summed E-state index contributed by atoms with van der Waals surface area (Å²) < 4.78 is 0. The minimum absolute atomic E-state index is 0.672. The van der Waals surface area contributed by atoms with Crippen LogP contribution in [0.15, 0.2) is 24.4 Å². The third-order valence-corrected chi connectivity index (χ3v) is 3.35. The van der Waals surface area contributed by atoms with Crippen molar-refractivity contribution < 1.29 is 0 Å². The lowest BCUT2D eigenvalue weighted by Crippen LogP contribution is -2.18. The van der Waals surface area contributed by atoms with E-state index >= 15 is 0 Å². The van der Waals surface area contributed by atoms with Crippen LogP contribution in [0.25, 0.3) is 10.9 Å². The first-order valence-electron chi connectivity index (χ1n) is 5.51. The van der Waals surface area contributed by atoms with Gasteiger partial charge >= 0.3 is 0 Å². The van der Waals surface area contributed by atoms with Gasteiger partial charge in [-0.1, -0.05) is 23.7 Å². The number of fused-ring (bicyclic) bond motifs is 1. The van der Waals surface area contributed by atoms with Crippen molar-refractivity contribution in [3.05, 3.63) is 29.4 Å². The predicted octanol–water partition coefficient (Wildman–Crippen LogP) is 2.88. The van der Waals surface area contributed by atoms with Crippen LogP contribution in [0.3, 0.4) is 0 Å². The van der Waals surface area contributed by atoms with Gasteiger partial charge in [-0.2, -0.15) is 5.10 Å². The maximum Gasteiger partial charge on any atom is 0.114 e. The smallest absolute Gasteiger partial charge is 0.114 e. The van der Waals surface area contributed by atoms with Crippen LogP contribution in [-0.2, 0) is 0 Å². The molecular weight excluding hydrogens is 222 g/mol. The first kappa shape index (κ1) is 9.85. The van der Waals surface area contributed by atoms with E-state index in [9.17, 15) is 0 Å². The summed E-state index contributed by atoms with van der Waals surface area (Å²) >= 11 is 6.11. The number of rotatable bonds is 1. The molecule has 82 valence electrons. The summed E-state index contributed by atoms with van der Waals surface area (Å²) in [6, 6.07) is 5.88. The standard InChI is InChI=1S/C12H12ClN3/c13-10-5-3-4-9-11(8-14-15-12(9)10)16-6-1-2-7-16/h3-5,8H,1-2,6-7H2. The average Bonchev–Trinajstić information content (AvgIpc) is 2.82. The second-order valence-electron chi connectivity index (χ2n) is 4.06. The van der Waals surface area contributed by atoms with Gasteiger partial charge in [0.2, 0.25) is 0 Å². The highest BCUT2D eigenvalue weighted by atomic mass is 35.5. The molecule has 1 aliphatic heterocycles. The van der Waals surface area contributed by atoms with E-state index in [1.807, 2.05) is 18.3 Å². The lowest BCUT2D eigenvalue weighted by Gasteiger charge is -2.18. The summed E-state index contributed by atoms with van der Waals surface area (Å²) in [4.78, 5) is 2.35. The van der Waals surface area contributed by atoms with Gasteiger partial charge in [0.25, 0.3) is 0 Å². The molecule has 1 aliphatic rings. The molecule has 0 saturated carbocycles. The molecule has 0 N–H and O–H groups in total. The Kier molecular flexibility index (Phi) is 2.40. The van der Waals surface area contributed by atoms with Crippen LogP contribution < -0.4 is 4.90 Å². The molecule has 2 aromatic rings. The first-order chi connectivity index (χ1) is 7.86. The van der Waals surface area contributed by atoms with Gasteiger partial charge in [-0.15, -0.1) is 5.10 Å². The fraction of sp³-hybridized carbons (Fsp3) is 0.333. The van der Waals surface area contributed by atoms with Crippen molar-refractivity contribution in [3.8, 4) is 0 Å². The van der Waals surface area contributed by atoms with Crippen LogP contribution in [0.2, 0.25) is 5.02 Å². The second kappa shape index (κ2) is 3.91. The van der Waals surface area contributed by atoms with E-state index in [-0.39, 0.29) is 0 Å². The molecule has 16 heavy (non-hydrogen) atoms. The van der Waals surface area contributed by atoms with Crippen LogP contribution in [0.1, 0.15) is 12.8 Å². The quantitative estimate of drug-likeness (QED) is 0.759. The van der Waals surface area contributed by atoms with Gasteiger partial charge in [0, 0.05) is 18.5 Å². The zero-order valence-electron chi connectivity index (χ0n) is 8.86. The molecule has 0 aliphatic carbocycles. The van der Waals surface area contributed by atoms with E-state index in [1.165, 1.54) is 12.8 Å². The fourth-order valence-electron chi connectivity index (χ4n) is 2.24. The second-order valence-corrected chi connectivity index (χ2v) is 4.47. The Labute approximate surface area is 99.0 Å². The number of halogens is 1. The number of aromatic nitrogens is 2. The van der Waals surface area contributed by atoms with E-state index in [1.54, 1.807) is 0 Å². The minimum Gasteiger partial charge on any atom is -0.370 e. The Morgan fingerprint density at radius 2 is 2.00 bits per heavy atom. The van der Waals surface area contributed by atoms with Crippen LogP contribution in [0, 0.1) is 0 Å². The molecule has 0 radical (unpaired) electrons. The van der Waals surface area contributed by atoms with Gasteiger partial charge in [0.15, 0.2) is 0 Å². The van der Waals surface area contributed by atoms with Gasteiger partial charge < -0.3 is 4.90 Å². The van der Waals surface area contributed by atoms with E-state index < -0.39 is 0 Å². The van der Waals surface area contributed by atoms with Crippen molar-refractivity contribution in [2.45, 2.75) is 12.8 Å². The third-order valence-electron chi connectivity index (χ3n) is 3.05. The molecule has 3 nitrogen and oxygen atoms in total. The summed E-state index contributed by atoms with van der Waals surface area (Å²) in [5.74, 6) is 0. The lowest BCUT2D eigenvalue weighted by atomic mass is 10.2. The Bertz CT molecular complexity index is 521. The van der Waals surface area contributed by atoms with Crippen molar-refractivity contribution >= 4 is 28.2 Å². The van der Waals surface area contributed by atoms with Gasteiger partial charge in [-0.05, 0) is 18.9 Å². The van der Waals surface area contributed by atoms with Crippen molar-refractivity contribution in [2.24, 2.45) is 0 Å². The summed E-state index contributed by atoms with van der Waals surface area (Å²) in [5.41, 5.74) is 1.96. The summed E-state index contributed by atoms with van der Waals surface area (Å²) in [6.45, 7) is 2.21. The van der Waals surface area contributed by atoms with Crippen LogP contribution >= 0.6 is 11.6 Å². The van der Waals surface area contributed by atoms with Gasteiger partial charge in [0.1, 0.15) is 5.52 Å². The third kappa shape index (κ3) is 1.52. The highest BCUT2D eigenvalue weighted by Gasteiger charge is 2.16. The Balaban J connectivity index is 2.20. The molecule has 2 heterocycles. The molecule has 1 aromatic carbocycles. The number of hydrogen-bond acceptors (Lipinski definition) is 3. The molecule has 0 spiro atoms. The normalized spacial score (nSPS) is 15.9. The van der Waals surface area contributed by atoms with Crippen molar-refractivity contribution in [2.75, 3.05) is 18.0 Å². The molecule has 1 fully saturated rings. The fourth-order valence-corrected chi connectivity index (χ4v) is 2.46. The van der Waals surface area contributed by atoms with E-state index in [0.717, 1.165) is 29.7 Å².